The highest BCUT2D eigenvalue weighted by atomic mass is 16.5. The predicted octanol–water partition coefficient (Wildman–Crippen LogP) is 3.83. The third kappa shape index (κ3) is 6.79. The van der Waals surface area contributed by atoms with Crippen LogP contribution < -0.4 is 20.7 Å². The molecule has 0 radical (unpaired) electrons. The molecule has 0 aromatic heterocycles. The van der Waals surface area contributed by atoms with Gasteiger partial charge in [0.2, 0.25) is 5.91 Å². The molecule has 3 N–H and O–H groups in total. The highest BCUT2D eigenvalue weighted by Crippen LogP contribution is 2.24. The number of rotatable bonds is 10. The van der Waals surface area contributed by atoms with E-state index in [-0.39, 0.29) is 18.4 Å². The molecule has 0 atom stereocenters. The van der Waals surface area contributed by atoms with Crippen molar-refractivity contribution in [3.8, 4) is 5.75 Å². The summed E-state index contributed by atoms with van der Waals surface area (Å²) in [6.07, 6.45) is 0.866. The molecule has 0 heterocycles. The molecular weight excluding hydrogens is 354 g/mol. The Morgan fingerprint density at radius 3 is 2.64 bits per heavy atom. The van der Waals surface area contributed by atoms with Crippen molar-refractivity contribution >= 4 is 23.2 Å². The number of hydrogen-bond acceptors (Lipinski definition) is 4. The van der Waals surface area contributed by atoms with Gasteiger partial charge in [0.15, 0.2) is 0 Å². The minimum absolute atomic E-state index is 0.0692. The fourth-order valence-electron chi connectivity index (χ4n) is 2.40. The molecule has 0 unspecified atom stereocenters. The van der Waals surface area contributed by atoms with E-state index in [2.05, 4.69) is 22.5 Å². The van der Waals surface area contributed by atoms with Crippen LogP contribution in [0, 0.1) is 0 Å². The van der Waals surface area contributed by atoms with Crippen molar-refractivity contribution in [1.29, 1.82) is 0 Å². The van der Waals surface area contributed by atoms with Gasteiger partial charge >= 0.3 is 0 Å². The Kier molecular flexibility index (Phi) is 8.09. The number of benzene rings is 2. The first-order valence-electron chi connectivity index (χ1n) is 9.27. The van der Waals surface area contributed by atoms with Crippen molar-refractivity contribution in [3.63, 3.8) is 0 Å². The lowest BCUT2D eigenvalue weighted by Gasteiger charge is -2.13. The lowest BCUT2D eigenvalue weighted by atomic mass is 10.2. The maximum absolute atomic E-state index is 12.3. The zero-order valence-electron chi connectivity index (χ0n) is 16.4. The first-order valence-corrected chi connectivity index (χ1v) is 9.27. The van der Waals surface area contributed by atoms with Gasteiger partial charge in [-0.15, -0.1) is 0 Å². The summed E-state index contributed by atoms with van der Waals surface area (Å²) >= 11 is 0. The molecule has 0 aliphatic heterocycles. The summed E-state index contributed by atoms with van der Waals surface area (Å²) in [6.45, 7) is 8.80. The van der Waals surface area contributed by atoms with Crippen molar-refractivity contribution in [1.82, 2.24) is 5.32 Å². The molecule has 6 heteroatoms. The average molecular weight is 381 g/mol. The SMILES string of the molecule is C=C(C)COc1ccccc1NCC(=O)Nc1cccc(C(=O)NCCC)c1. The Morgan fingerprint density at radius 2 is 1.89 bits per heavy atom. The summed E-state index contributed by atoms with van der Waals surface area (Å²) in [4.78, 5) is 24.3. The van der Waals surface area contributed by atoms with E-state index in [0.29, 0.717) is 30.2 Å². The number of para-hydroxylation sites is 2. The molecule has 2 rings (SSSR count). The van der Waals surface area contributed by atoms with Crippen molar-refractivity contribution in [2.75, 3.05) is 30.3 Å². The zero-order chi connectivity index (χ0) is 20.4. The molecule has 28 heavy (non-hydrogen) atoms. The van der Waals surface area contributed by atoms with E-state index < -0.39 is 0 Å². The quantitative estimate of drug-likeness (QED) is 0.547. The molecule has 0 saturated heterocycles. The number of ether oxygens (including phenoxy) is 1. The lowest BCUT2D eigenvalue weighted by molar-refractivity contribution is -0.114. The second-order valence-corrected chi connectivity index (χ2v) is 6.48. The van der Waals surface area contributed by atoms with Crippen LogP contribution in [0.5, 0.6) is 5.75 Å². The molecule has 0 aliphatic rings. The molecule has 0 spiro atoms. The van der Waals surface area contributed by atoms with Crippen LogP contribution in [0.1, 0.15) is 30.6 Å². The summed E-state index contributed by atoms with van der Waals surface area (Å²) in [5.74, 6) is 0.286. The summed E-state index contributed by atoms with van der Waals surface area (Å²) < 4.78 is 5.69. The van der Waals surface area contributed by atoms with E-state index in [1.165, 1.54) is 0 Å². The van der Waals surface area contributed by atoms with Crippen LogP contribution in [-0.2, 0) is 4.79 Å². The molecule has 0 saturated carbocycles. The van der Waals surface area contributed by atoms with Crippen molar-refractivity contribution < 1.29 is 14.3 Å². The average Bonchev–Trinajstić information content (AvgIpc) is 2.69. The van der Waals surface area contributed by atoms with Crippen LogP contribution in [0.25, 0.3) is 0 Å². The molecule has 0 aliphatic carbocycles. The fraction of sp³-hybridized carbons (Fsp3) is 0.273. The van der Waals surface area contributed by atoms with E-state index in [4.69, 9.17) is 4.74 Å². The van der Waals surface area contributed by atoms with Gasteiger partial charge in [-0.2, -0.15) is 0 Å². The molecule has 2 aromatic rings. The smallest absolute Gasteiger partial charge is 0.251 e. The summed E-state index contributed by atoms with van der Waals surface area (Å²) in [5.41, 5.74) is 2.72. The highest BCUT2D eigenvalue weighted by molar-refractivity contribution is 5.98. The van der Waals surface area contributed by atoms with Gasteiger partial charge in [-0.25, -0.2) is 0 Å². The Hall–Kier alpha value is -3.28. The Balaban J connectivity index is 1.93. The highest BCUT2D eigenvalue weighted by Gasteiger charge is 2.09. The number of anilines is 2. The van der Waals surface area contributed by atoms with Gasteiger partial charge in [0.05, 0.1) is 12.2 Å². The number of amides is 2. The summed E-state index contributed by atoms with van der Waals surface area (Å²) in [6, 6.07) is 14.3. The Bertz CT molecular complexity index is 833. The van der Waals surface area contributed by atoms with E-state index in [1.54, 1.807) is 24.3 Å². The van der Waals surface area contributed by atoms with E-state index in [1.807, 2.05) is 38.1 Å². The maximum atomic E-state index is 12.3. The molecule has 2 amide bonds. The molecule has 148 valence electrons. The minimum Gasteiger partial charge on any atom is -0.487 e. The van der Waals surface area contributed by atoms with E-state index in [0.717, 1.165) is 17.7 Å². The first kappa shape index (κ1) is 21.0. The van der Waals surface area contributed by atoms with Crippen LogP contribution >= 0.6 is 0 Å². The third-order valence-electron chi connectivity index (χ3n) is 3.74. The predicted molar refractivity (Wildman–Crippen MR) is 113 cm³/mol. The zero-order valence-corrected chi connectivity index (χ0v) is 16.4. The van der Waals surface area contributed by atoms with Gasteiger partial charge in [0.1, 0.15) is 12.4 Å². The monoisotopic (exact) mass is 381 g/mol. The topological polar surface area (TPSA) is 79.5 Å². The molecule has 2 aromatic carbocycles. The van der Waals surface area contributed by atoms with Crippen LogP contribution in [0.4, 0.5) is 11.4 Å². The Morgan fingerprint density at radius 1 is 1.11 bits per heavy atom. The molecule has 0 fully saturated rings. The largest absolute Gasteiger partial charge is 0.487 e. The van der Waals surface area contributed by atoms with Gasteiger partial charge < -0.3 is 20.7 Å². The van der Waals surface area contributed by atoms with Crippen LogP contribution in [0.3, 0.4) is 0 Å². The van der Waals surface area contributed by atoms with E-state index in [9.17, 15) is 9.59 Å². The summed E-state index contributed by atoms with van der Waals surface area (Å²) in [7, 11) is 0. The normalized spacial score (nSPS) is 10.1. The Labute approximate surface area is 166 Å². The van der Waals surface area contributed by atoms with Crippen molar-refractivity contribution in [3.05, 3.63) is 66.2 Å². The standard InChI is InChI=1S/C22H27N3O3/c1-4-12-23-22(27)17-8-7-9-18(13-17)25-21(26)14-24-19-10-5-6-11-20(19)28-15-16(2)3/h5-11,13,24H,2,4,12,14-15H2,1,3H3,(H,23,27)(H,25,26). The van der Waals surface area contributed by atoms with Gasteiger partial charge in [0.25, 0.3) is 5.91 Å². The van der Waals surface area contributed by atoms with Gasteiger partial charge in [-0.3, -0.25) is 9.59 Å². The van der Waals surface area contributed by atoms with Crippen LogP contribution in [0.2, 0.25) is 0 Å². The van der Waals surface area contributed by atoms with Gasteiger partial charge in [0, 0.05) is 17.8 Å². The number of carbonyl (C=O) groups is 2. The molecule has 6 nitrogen and oxygen atoms in total. The van der Waals surface area contributed by atoms with Gasteiger partial charge in [-0.1, -0.05) is 31.7 Å². The van der Waals surface area contributed by atoms with Crippen molar-refractivity contribution in [2.45, 2.75) is 20.3 Å². The van der Waals surface area contributed by atoms with Crippen LogP contribution in [0.15, 0.2) is 60.7 Å². The number of nitrogens with one attached hydrogen (secondary N) is 3. The lowest BCUT2D eigenvalue weighted by Crippen LogP contribution is -2.25. The van der Waals surface area contributed by atoms with Crippen molar-refractivity contribution in [2.24, 2.45) is 0 Å². The minimum atomic E-state index is -0.221. The first-order chi connectivity index (χ1) is 13.5. The van der Waals surface area contributed by atoms with Crippen LogP contribution in [-0.4, -0.2) is 31.5 Å². The molecule has 0 bridgehead atoms. The van der Waals surface area contributed by atoms with Gasteiger partial charge in [-0.05, 0) is 49.2 Å². The van der Waals surface area contributed by atoms with E-state index >= 15 is 0 Å². The second-order valence-electron chi connectivity index (χ2n) is 6.48. The number of hydrogen-bond donors (Lipinski definition) is 3. The fourth-order valence-corrected chi connectivity index (χ4v) is 2.40. The summed E-state index contributed by atoms with van der Waals surface area (Å²) in [5, 5.41) is 8.69. The molecular formula is C22H27N3O3. The maximum Gasteiger partial charge on any atom is 0.251 e. The second kappa shape index (κ2) is 10.8. The number of carbonyl (C=O) groups excluding carboxylic acids is 2. The third-order valence-corrected chi connectivity index (χ3v) is 3.74.